The molecule has 1 amide bonds. The van der Waals surface area contributed by atoms with Crippen molar-refractivity contribution in [2.75, 3.05) is 5.32 Å². The number of carbonyl (C=O) groups is 1. The van der Waals surface area contributed by atoms with Gasteiger partial charge in [0.2, 0.25) is 5.91 Å². The Labute approximate surface area is 108 Å². The zero-order valence-electron chi connectivity index (χ0n) is 11.8. The zero-order chi connectivity index (χ0) is 13.4. The van der Waals surface area contributed by atoms with Crippen molar-refractivity contribution in [2.45, 2.75) is 59.3 Å². The monoisotopic (exact) mass is 254 g/mol. The summed E-state index contributed by atoms with van der Waals surface area (Å²) >= 11 is 1.58. The summed E-state index contributed by atoms with van der Waals surface area (Å²) in [6.07, 6.45) is 0. The SMILES string of the molecule is CC(=O)Nc1nc(C(C)(C)C)c(C(C)(C)C)s1. The van der Waals surface area contributed by atoms with Gasteiger partial charge in [0.25, 0.3) is 0 Å². The van der Waals surface area contributed by atoms with Crippen LogP contribution in [0, 0.1) is 0 Å². The summed E-state index contributed by atoms with van der Waals surface area (Å²) in [4.78, 5) is 16.9. The van der Waals surface area contributed by atoms with Gasteiger partial charge in [-0.25, -0.2) is 4.98 Å². The van der Waals surface area contributed by atoms with E-state index in [0.29, 0.717) is 5.13 Å². The third kappa shape index (κ3) is 3.53. The molecule has 3 nitrogen and oxygen atoms in total. The van der Waals surface area contributed by atoms with E-state index in [4.69, 9.17) is 0 Å². The van der Waals surface area contributed by atoms with Gasteiger partial charge in [-0.1, -0.05) is 41.5 Å². The summed E-state index contributed by atoms with van der Waals surface area (Å²) in [6, 6.07) is 0. The summed E-state index contributed by atoms with van der Waals surface area (Å²) in [5, 5.41) is 3.48. The van der Waals surface area contributed by atoms with E-state index in [-0.39, 0.29) is 16.7 Å². The van der Waals surface area contributed by atoms with Crippen LogP contribution < -0.4 is 5.32 Å². The maximum Gasteiger partial charge on any atom is 0.223 e. The average molecular weight is 254 g/mol. The highest BCUT2D eigenvalue weighted by Crippen LogP contribution is 2.39. The molecule has 0 radical (unpaired) electrons. The second-order valence-corrected chi connectivity index (χ2v) is 7.38. The normalized spacial score (nSPS) is 12.6. The Morgan fingerprint density at radius 1 is 1.12 bits per heavy atom. The van der Waals surface area contributed by atoms with Gasteiger partial charge in [-0.05, 0) is 5.41 Å². The number of hydrogen-bond acceptors (Lipinski definition) is 3. The van der Waals surface area contributed by atoms with Crippen LogP contribution in [0.5, 0.6) is 0 Å². The Morgan fingerprint density at radius 3 is 1.94 bits per heavy atom. The molecule has 0 aliphatic carbocycles. The summed E-state index contributed by atoms with van der Waals surface area (Å²) in [7, 11) is 0. The molecule has 0 saturated heterocycles. The first-order valence-electron chi connectivity index (χ1n) is 5.81. The summed E-state index contributed by atoms with van der Waals surface area (Å²) in [5.41, 5.74) is 1.13. The quantitative estimate of drug-likeness (QED) is 0.830. The smallest absolute Gasteiger partial charge is 0.223 e. The lowest BCUT2D eigenvalue weighted by Crippen LogP contribution is -2.20. The van der Waals surface area contributed by atoms with Gasteiger partial charge >= 0.3 is 0 Å². The van der Waals surface area contributed by atoms with E-state index in [2.05, 4.69) is 51.8 Å². The third-order valence-corrected chi connectivity index (χ3v) is 3.70. The van der Waals surface area contributed by atoms with Crippen molar-refractivity contribution in [1.82, 2.24) is 4.98 Å². The van der Waals surface area contributed by atoms with Crippen molar-refractivity contribution < 1.29 is 4.79 Å². The standard InChI is InChI=1S/C13H22N2OS/c1-8(16)14-11-15-9(12(2,3)4)10(17-11)13(5,6)7/h1-7H3,(H,14,15,16). The van der Waals surface area contributed by atoms with Crippen LogP contribution >= 0.6 is 11.3 Å². The van der Waals surface area contributed by atoms with Crippen LogP contribution in [0.25, 0.3) is 0 Å². The van der Waals surface area contributed by atoms with E-state index in [0.717, 1.165) is 5.69 Å². The topological polar surface area (TPSA) is 42.0 Å². The number of carbonyl (C=O) groups excluding carboxylic acids is 1. The lowest BCUT2D eigenvalue weighted by atomic mass is 9.84. The third-order valence-electron chi connectivity index (χ3n) is 2.30. The van der Waals surface area contributed by atoms with Crippen molar-refractivity contribution in [3.05, 3.63) is 10.6 Å². The van der Waals surface area contributed by atoms with Crippen molar-refractivity contribution >= 4 is 22.4 Å². The van der Waals surface area contributed by atoms with Crippen molar-refractivity contribution in [2.24, 2.45) is 0 Å². The number of thiazole rings is 1. The molecular formula is C13H22N2OS. The van der Waals surface area contributed by atoms with Crippen LogP contribution in [0.1, 0.15) is 59.0 Å². The van der Waals surface area contributed by atoms with Crippen LogP contribution in [0.3, 0.4) is 0 Å². The maximum atomic E-state index is 11.1. The molecule has 1 N–H and O–H groups in total. The summed E-state index contributed by atoms with van der Waals surface area (Å²) in [5.74, 6) is -0.0698. The zero-order valence-corrected chi connectivity index (χ0v) is 12.6. The molecule has 0 fully saturated rings. The maximum absolute atomic E-state index is 11.1. The highest BCUT2D eigenvalue weighted by atomic mass is 32.1. The minimum atomic E-state index is -0.0698. The highest BCUT2D eigenvalue weighted by molar-refractivity contribution is 7.16. The molecular weight excluding hydrogens is 232 g/mol. The predicted octanol–water partition coefficient (Wildman–Crippen LogP) is 3.70. The largest absolute Gasteiger partial charge is 0.302 e. The van der Waals surface area contributed by atoms with Gasteiger partial charge in [-0.2, -0.15) is 0 Å². The molecule has 0 aromatic carbocycles. The van der Waals surface area contributed by atoms with E-state index in [1.54, 1.807) is 11.3 Å². The molecule has 1 aromatic rings. The minimum Gasteiger partial charge on any atom is -0.302 e. The molecule has 1 heterocycles. The lowest BCUT2D eigenvalue weighted by Gasteiger charge is -2.24. The van der Waals surface area contributed by atoms with Gasteiger partial charge in [0, 0.05) is 17.2 Å². The molecule has 0 saturated carbocycles. The molecule has 4 heteroatoms. The van der Waals surface area contributed by atoms with E-state index < -0.39 is 0 Å². The van der Waals surface area contributed by atoms with E-state index in [1.807, 2.05) is 0 Å². The second kappa shape index (κ2) is 4.41. The number of rotatable bonds is 1. The predicted molar refractivity (Wildman–Crippen MR) is 73.8 cm³/mol. The molecule has 1 rings (SSSR count). The molecule has 1 aromatic heterocycles. The van der Waals surface area contributed by atoms with Crippen LogP contribution in [0.4, 0.5) is 5.13 Å². The van der Waals surface area contributed by atoms with Gasteiger partial charge in [-0.15, -0.1) is 11.3 Å². The summed E-state index contributed by atoms with van der Waals surface area (Å²) < 4.78 is 0. The number of aromatic nitrogens is 1. The Kier molecular flexibility index (Phi) is 3.67. The van der Waals surface area contributed by atoms with E-state index in [1.165, 1.54) is 11.8 Å². The second-order valence-electron chi connectivity index (χ2n) is 6.38. The molecule has 0 unspecified atom stereocenters. The molecule has 0 aliphatic heterocycles. The number of nitrogens with zero attached hydrogens (tertiary/aromatic N) is 1. The number of hydrogen-bond donors (Lipinski definition) is 1. The summed E-state index contributed by atoms with van der Waals surface area (Å²) in [6.45, 7) is 14.5. The average Bonchev–Trinajstić information content (AvgIpc) is 2.44. The minimum absolute atomic E-state index is 0.00413. The van der Waals surface area contributed by atoms with Gasteiger partial charge in [-0.3, -0.25) is 4.79 Å². The van der Waals surface area contributed by atoms with Gasteiger partial charge < -0.3 is 5.32 Å². The molecule has 17 heavy (non-hydrogen) atoms. The molecule has 0 atom stereocenters. The lowest BCUT2D eigenvalue weighted by molar-refractivity contribution is -0.114. The number of amides is 1. The first kappa shape index (κ1) is 14.2. The Morgan fingerprint density at radius 2 is 1.65 bits per heavy atom. The fourth-order valence-electron chi connectivity index (χ4n) is 1.54. The molecule has 96 valence electrons. The Hall–Kier alpha value is -0.900. The number of nitrogens with one attached hydrogen (secondary N) is 1. The van der Waals surface area contributed by atoms with E-state index in [9.17, 15) is 4.79 Å². The fourth-order valence-corrected chi connectivity index (χ4v) is 2.82. The Balaban J connectivity index is 3.27. The fraction of sp³-hybridized carbons (Fsp3) is 0.692. The van der Waals surface area contributed by atoms with Crippen LogP contribution in [-0.4, -0.2) is 10.9 Å². The van der Waals surface area contributed by atoms with Crippen LogP contribution in [-0.2, 0) is 15.6 Å². The highest BCUT2D eigenvalue weighted by Gasteiger charge is 2.29. The van der Waals surface area contributed by atoms with Crippen LogP contribution in [0.15, 0.2) is 0 Å². The van der Waals surface area contributed by atoms with Gasteiger partial charge in [0.1, 0.15) is 0 Å². The molecule has 0 aliphatic rings. The van der Waals surface area contributed by atoms with Gasteiger partial charge in [0.05, 0.1) is 5.69 Å². The number of anilines is 1. The van der Waals surface area contributed by atoms with Crippen LogP contribution in [0.2, 0.25) is 0 Å². The first-order valence-corrected chi connectivity index (χ1v) is 6.63. The molecule has 0 bridgehead atoms. The van der Waals surface area contributed by atoms with Gasteiger partial charge in [0.15, 0.2) is 5.13 Å². The van der Waals surface area contributed by atoms with Crippen molar-refractivity contribution in [3.63, 3.8) is 0 Å². The van der Waals surface area contributed by atoms with Crippen molar-refractivity contribution in [1.29, 1.82) is 0 Å². The van der Waals surface area contributed by atoms with E-state index >= 15 is 0 Å². The first-order chi connectivity index (χ1) is 7.51. The molecule has 0 spiro atoms. The van der Waals surface area contributed by atoms with Crippen molar-refractivity contribution in [3.8, 4) is 0 Å². The Bertz CT molecular complexity index is 390.